The van der Waals surface area contributed by atoms with Gasteiger partial charge in [-0.3, -0.25) is 14.7 Å². The molecule has 0 aromatic carbocycles. The van der Waals surface area contributed by atoms with E-state index in [9.17, 15) is 9.90 Å². The Morgan fingerprint density at radius 3 is 2.83 bits per heavy atom. The first-order valence-corrected chi connectivity index (χ1v) is 8.41. The molecule has 0 radical (unpaired) electrons. The van der Waals surface area contributed by atoms with E-state index in [2.05, 4.69) is 15.2 Å². The number of morpholine rings is 1. The number of aliphatic hydroxyl groups excluding tert-OH is 1. The van der Waals surface area contributed by atoms with Gasteiger partial charge in [0.2, 0.25) is 5.91 Å². The van der Waals surface area contributed by atoms with Crippen molar-refractivity contribution < 1.29 is 14.6 Å². The third-order valence-electron chi connectivity index (χ3n) is 4.70. The van der Waals surface area contributed by atoms with Crippen molar-refractivity contribution in [2.75, 3.05) is 32.8 Å². The number of hydrogen-bond donors (Lipinski definition) is 2. The SMILES string of the molecule is O=C(CCN1CCOCC1)N[C@H](c1ccccn1)C1CC(O)C1. The molecule has 1 aliphatic carbocycles. The number of rotatable bonds is 6. The fourth-order valence-corrected chi connectivity index (χ4v) is 3.23. The Morgan fingerprint density at radius 2 is 2.17 bits per heavy atom. The summed E-state index contributed by atoms with van der Waals surface area (Å²) in [5, 5.41) is 12.7. The zero-order valence-corrected chi connectivity index (χ0v) is 13.4. The minimum absolute atomic E-state index is 0.0496. The first-order valence-electron chi connectivity index (χ1n) is 8.41. The molecule has 1 saturated carbocycles. The van der Waals surface area contributed by atoms with Gasteiger partial charge in [-0.25, -0.2) is 0 Å². The zero-order valence-electron chi connectivity index (χ0n) is 13.4. The number of ether oxygens (including phenoxy) is 1. The van der Waals surface area contributed by atoms with Crippen LogP contribution < -0.4 is 5.32 Å². The van der Waals surface area contributed by atoms with E-state index in [-0.39, 0.29) is 24.0 Å². The van der Waals surface area contributed by atoms with Crippen molar-refractivity contribution in [2.45, 2.75) is 31.4 Å². The summed E-state index contributed by atoms with van der Waals surface area (Å²) in [5.74, 6) is 0.320. The predicted octanol–water partition coefficient (Wildman–Crippen LogP) is 0.732. The Labute approximate surface area is 136 Å². The normalized spacial score (nSPS) is 26.3. The van der Waals surface area contributed by atoms with Crippen molar-refractivity contribution in [1.82, 2.24) is 15.2 Å². The highest BCUT2D eigenvalue weighted by molar-refractivity contribution is 5.76. The molecule has 2 fully saturated rings. The summed E-state index contributed by atoms with van der Waals surface area (Å²) in [4.78, 5) is 19.0. The lowest BCUT2D eigenvalue weighted by Crippen LogP contribution is -2.43. The fourth-order valence-electron chi connectivity index (χ4n) is 3.23. The van der Waals surface area contributed by atoms with Gasteiger partial charge in [-0.05, 0) is 30.9 Å². The van der Waals surface area contributed by atoms with Crippen molar-refractivity contribution in [3.63, 3.8) is 0 Å². The van der Waals surface area contributed by atoms with E-state index < -0.39 is 0 Å². The highest BCUT2D eigenvalue weighted by atomic mass is 16.5. The molecule has 1 aliphatic heterocycles. The number of amides is 1. The van der Waals surface area contributed by atoms with Gasteiger partial charge in [-0.15, -0.1) is 0 Å². The van der Waals surface area contributed by atoms with Crippen molar-refractivity contribution in [2.24, 2.45) is 5.92 Å². The Balaban J connectivity index is 1.54. The van der Waals surface area contributed by atoms with Gasteiger partial charge in [0.1, 0.15) is 0 Å². The molecule has 1 amide bonds. The molecule has 6 nitrogen and oxygen atoms in total. The second-order valence-corrected chi connectivity index (χ2v) is 6.39. The van der Waals surface area contributed by atoms with Crippen LogP contribution >= 0.6 is 0 Å². The lowest BCUT2D eigenvalue weighted by molar-refractivity contribution is -0.123. The summed E-state index contributed by atoms with van der Waals surface area (Å²) in [6.07, 6.45) is 3.45. The van der Waals surface area contributed by atoms with E-state index >= 15 is 0 Å². The van der Waals surface area contributed by atoms with Gasteiger partial charge in [0.25, 0.3) is 0 Å². The molecule has 0 spiro atoms. The number of nitrogens with zero attached hydrogens (tertiary/aromatic N) is 2. The molecule has 0 bridgehead atoms. The van der Waals surface area contributed by atoms with E-state index in [1.54, 1.807) is 6.20 Å². The van der Waals surface area contributed by atoms with Crippen LogP contribution in [0.5, 0.6) is 0 Å². The van der Waals surface area contributed by atoms with Gasteiger partial charge in [0, 0.05) is 32.3 Å². The number of nitrogens with one attached hydrogen (secondary N) is 1. The molecule has 2 aliphatic rings. The number of aromatic nitrogens is 1. The van der Waals surface area contributed by atoms with Gasteiger partial charge < -0.3 is 15.2 Å². The van der Waals surface area contributed by atoms with Crippen LogP contribution in [0, 0.1) is 5.92 Å². The van der Waals surface area contributed by atoms with Crippen molar-refractivity contribution >= 4 is 5.91 Å². The maximum absolute atomic E-state index is 12.3. The van der Waals surface area contributed by atoms with Crippen molar-refractivity contribution in [3.8, 4) is 0 Å². The van der Waals surface area contributed by atoms with Crippen molar-refractivity contribution in [1.29, 1.82) is 0 Å². The first-order chi connectivity index (χ1) is 11.2. The van der Waals surface area contributed by atoms with E-state index in [1.165, 1.54) is 0 Å². The predicted molar refractivity (Wildman–Crippen MR) is 85.7 cm³/mol. The Morgan fingerprint density at radius 1 is 1.39 bits per heavy atom. The van der Waals surface area contributed by atoms with Gasteiger partial charge >= 0.3 is 0 Å². The highest BCUT2D eigenvalue weighted by Gasteiger charge is 2.36. The third-order valence-corrected chi connectivity index (χ3v) is 4.70. The average Bonchev–Trinajstić information content (AvgIpc) is 2.57. The number of pyridine rings is 1. The minimum atomic E-state index is -0.239. The molecule has 0 unspecified atom stereocenters. The monoisotopic (exact) mass is 319 g/mol. The maximum atomic E-state index is 12.3. The van der Waals surface area contributed by atoms with E-state index in [4.69, 9.17) is 4.74 Å². The topological polar surface area (TPSA) is 74.7 Å². The van der Waals surface area contributed by atoms with Gasteiger partial charge in [0.15, 0.2) is 0 Å². The molecule has 3 rings (SSSR count). The molecule has 1 aromatic rings. The number of hydrogen-bond acceptors (Lipinski definition) is 5. The summed E-state index contributed by atoms with van der Waals surface area (Å²) in [6, 6.07) is 5.65. The van der Waals surface area contributed by atoms with Crippen molar-refractivity contribution in [3.05, 3.63) is 30.1 Å². The summed E-state index contributed by atoms with van der Waals surface area (Å²) >= 11 is 0. The third kappa shape index (κ3) is 4.50. The van der Waals surface area contributed by atoms with E-state index in [1.807, 2.05) is 18.2 Å². The molecule has 23 heavy (non-hydrogen) atoms. The van der Waals surface area contributed by atoms with Crippen LogP contribution in [-0.2, 0) is 9.53 Å². The van der Waals surface area contributed by atoms with Crippen LogP contribution in [-0.4, -0.2) is 59.8 Å². The molecule has 1 aromatic heterocycles. The number of aliphatic hydroxyl groups is 1. The second-order valence-electron chi connectivity index (χ2n) is 6.39. The standard InChI is InChI=1S/C17H25N3O3/c21-14-11-13(12-14)17(15-3-1-2-5-18-15)19-16(22)4-6-20-7-9-23-10-8-20/h1-3,5,13-14,17,21H,4,6-12H2,(H,19,22)/t13?,14?,17-/m0/s1. The average molecular weight is 319 g/mol. The molecule has 1 saturated heterocycles. The summed E-state index contributed by atoms with van der Waals surface area (Å²) in [7, 11) is 0. The largest absolute Gasteiger partial charge is 0.393 e. The van der Waals surface area contributed by atoms with Crippen LogP contribution in [0.15, 0.2) is 24.4 Å². The highest BCUT2D eigenvalue weighted by Crippen LogP contribution is 2.37. The van der Waals surface area contributed by atoms with E-state index in [0.29, 0.717) is 6.42 Å². The second kappa shape index (κ2) is 7.86. The molecule has 6 heteroatoms. The number of carbonyl (C=O) groups excluding carboxylic acids is 1. The van der Waals surface area contributed by atoms with Crippen LogP contribution in [0.25, 0.3) is 0 Å². The van der Waals surface area contributed by atoms with Crippen LogP contribution in [0.2, 0.25) is 0 Å². The Kier molecular flexibility index (Phi) is 5.59. The molecular formula is C17H25N3O3. The quantitative estimate of drug-likeness (QED) is 0.809. The van der Waals surface area contributed by atoms with Crippen LogP contribution in [0.3, 0.4) is 0 Å². The molecule has 2 heterocycles. The molecule has 1 atom stereocenters. The summed E-state index contributed by atoms with van der Waals surface area (Å²) in [5.41, 5.74) is 0.879. The van der Waals surface area contributed by atoms with Gasteiger partial charge in [0.05, 0.1) is 31.1 Å². The zero-order chi connectivity index (χ0) is 16.1. The smallest absolute Gasteiger partial charge is 0.221 e. The first kappa shape index (κ1) is 16.4. The summed E-state index contributed by atoms with van der Waals surface area (Å²) < 4.78 is 5.32. The van der Waals surface area contributed by atoms with Crippen LogP contribution in [0.1, 0.15) is 31.0 Å². The maximum Gasteiger partial charge on any atom is 0.221 e. The molecular weight excluding hydrogens is 294 g/mol. The molecule has 126 valence electrons. The Hall–Kier alpha value is -1.50. The van der Waals surface area contributed by atoms with Crippen LogP contribution in [0.4, 0.5) is 0 Å². The van der Waals surface area contributed by atoms with Gasteiger partial charge in [-0.2, -0.15) is 0 Å². The van der Waals surface area contributed by atoms with E-state index in [0.717, 1.165) is 51.4 Å². The summed E-state index contributed by atoms with van der Waals surface area (Å²) in [6.45, 7) is 4.05. The fraction of sp³-hybridized carbons (Fsp3) is 0.647. The van der Waals surface area contributed by atoms with Gasteiger partial charge in [-0.1, -0.05) is 6.07 Å². The number of carbonyl (C=O) groups is 1. The Bertz CT molecular complexity index is 499. The minimum Gasteiger partial charge on any atom is -0.393 e. The lowest BCUT2D eigenvalue weighted by Gasteiger charge is -2.37. The molecule has 2 N–H and O–H groups in total. The lowest BCUT2D eigenvalue weighted by atomic mass is 9.76.